The van der Waals surface area contributed by atoms with Crippen molar-refractivity contribution in [1.29, 1.82) is 0 Å². The summed E-state index contributed by atoms with van der Waals surface area (Å²) in [5.74, 6) is 0. The number of fused-ring (bicyclic) bond motifs is 1. The van der Waals surface area contributed by atoms with E-state index in [2.05, 4.69) is 11.9 Å². The maximum absolute atomic E-state index is 12.3. The fourth-order valence-corrected chi connectivity index (χ4v) is 2.50. The lowest BCUT2D eigenvalue weighted by Gasteiger charge is -2.11. The average Bonchev–Trinajstić information content (AvgIpc) is 2.51. The summed E-state index contributed by atoms with van der Waals surface area (Å²) in [7, 11) is 0. The molecule has 0 radical (unpaired) electrons. The van der Waals surface area contributed by atoms with E-state index in [1.807, 2.05) is 42.5 Å². The molecule has 0 bridgehead atoms. The van der Waals surface area contributed by atoms with Gasteiger partial charge in [0.15, 0.2) is 0 Å². The molecule has 2 heterocycles. The summed E-state index contributed by atoms with van der Waals surface area (Å²) in [5.41, 5.74) is 2.77. The van der Waals surface area contributed by atoms with Crippen LogP contribution in [0.4, 0.5) is 0 Å². The first kappa shape index (κ1) is 12.6. The second kappa shape index (κ2) is 5.29. The number of pyridine rings is 2. The van der Waals surface area contributed by atoms with Crippen LogP contribution in [-0.4, -0.2) is 9.55 Å². The molecule has 0 N–H and O–H groups in total. The molecule has 0 aliphatic heterocycles. The Bertz CT molecular complexity index is 791. The standard InChI is InChI=1S/C17H16N2O/c1-2-11-19-16(20)12-15(13-7-4-3-5-8-13)14-9-6-10-18-17(14)19/h3-10,12H,2,11H2,1H3. The highest BCUT2D eigenvalue weighted by atomic mass is 16.1. The van der Waals surface area contributed by atoms with E-state index in [9.17, 15) is 4.79 Å². The molecule has 100 valence electrons. The van der Waals surface area contributed by atoms with Gasteiger partial charge in [-0.1, -0.05) is 37.3 Å². The van der Waals surface area contributed by atoms with Gasteiger partial charge in [-0.3, -0.25) is 9.36 Å². The highest BCUT2D eigenvalue weighted by Gasteiger charge is 2.10. The average molecular weight is 264 g/mol. The number of aryl methyl sites for hydroxylation is 1. The van der Waals surface area contributed by atoms with Gasteiger partial charge in [-0.2, -0.15) is 0 Å². The largest absolute Gasteiger partial charge is 0.293 e. The molecule has 3 nitrogen and oxygen atoms in total. The first-order chi connectivity index (χ1) is 9.81. The molecule has 0 saturated carbocycles. The highest BCUT2D eigenvalue weighted by molar-refractivity contribution is 5.92. The molecular weight excluding hydrogens is 248 g/mol. The molecule has 0 saturated heterocycles. The predicted octanol–water partition coefficient (Wildman–Crippen LogP) is 3.47. The van der Waals surface area contributed by atoms with Crippen LogP contribution in [0.2, 0.25) is 0 Å². The minimum Gasteiger partial charge on any atom is -0.293 e. The van der Waals surface area contributed by atoms with Crippen LogP contribution in [0, 0.1) is 0 Å². The van der Waals surface area contributed by atoms with Gasteiger partial charge in [-0.25, -0.2) is 4.98 Å². The van der Waals surface area contributed by atoms with Crippen LogP contribution in [0.15, 0.2) is 59.5 Å². The van der Waals surface area contributed by atoms with Gasteiger partial charge in [0.05, 0.1) is 0 Å². The number of hydrogen-bond donors (Lipinski definition) is 0. The van der Waals surface area contributed by atoms with Gasteiger partial charge in [0.25, 0.3) is 5.56 Å². The molecule has 3 heteroatoms. The number of hydrogen-bond acceptors (Lipinski definition) is 2. The number of nitrogens with zero attached hydrogens (tertiary/aromatic N) is 2. The van der Waals surface area contributed by atoms with Crippen molar-refractivity contribution >= 4 is 11.0 Å². The summed E-state index contributed by atoms with van der Waals surface area (Å²) in [6, 6.07) is 15.6. The zero-order chi connectivity index (χ0) is 13.9. The van der Waals surface area contributed by atoms with Crippen LogP contribution in [0.3, 0.4) is 0 Å². The van der Waals surface area contributed by atoms with Crippen molar-refractivity contribution < 1.29 is 0 Å². The lowest BCUT2D eigenvalue weighted by Crippen LogP contribution is -2.20. The van der Waals surface area contributed by atoms with E-state index in [-0.39, 0.29) is 5.56 Å². The van der Waals surface area contributed by atoms with Crippen LogP contribution in [-0.2, 0) is 6.54 Å². The second-order valence-corrected chi connectivity index (χ2v) is 4.79. The molecule has 0 unspecified atom stereocenters. The highest BCUT2D eigenvalue weighted by Crippen LogP contribution is 2.25. The Morgan fingerprint density at radius 1 is 1.10 bits per heavy atom. The van der Waals surface area contributed by atoms with Gasteiger partial charge < -0.3 is 0 Å². The molecule has 0 atom stereocenters. The Morgan fingerprint density at radius 2 is 1.90 bits per heavy atom. The Morgan fingerprint density at radius 3 is 2.65 bits per heavy atom. The molecule has 0 aliphatic carbocycles. The molecular formula is C17H16N2O. The van der Waals surface area contributed by atoms with Crippen LogP contribution >= 0.6 is 0 Å². The summed E-state index contributed by atoms with van der Waals surface area (Å²) in [6.07, 6.45) is 2.65. The first-order valence-corrected chi connectivity index (χ1v) is 6.85. The van der Waals surface area contributed by atoms with E-state index in [0.29, 0.717) is 6.54 Å². The maximum atomic E-state index is 12.3. The minimum absolute atomic E-state index is 0.0110. The quantitative estimate of drug-likeness (QED) is 0.726. The summed E-state index contributed by atoms with van der Waals surface area (Å²) < 4.78 is 1.75. The van der Waals surface area contributed by atoms with Crippen LogP contribution in [0.25, 0.3) is 22.2 Å². The van der Waals surface area contributed by atoms with Gasteiger partial charge >= 0.3 is 0 Å². The molecule has 0 amide bonds. The van der Waals surface area contributed by atoms with E-state index < -0.39 is 0 Å². The fourth-order valence-electron chi connectivity index (χ4n) is 2.50. The van der Waals surface area contributed by atoms with Crippen molar-refractivity contribution in [2.45, 2.75) is 19.9 Å². The maximum Gasteiger partial charge on any atom is 0.252 e. The number of aromatic nitrogens is 2. The normalized spacial score (nSPS) is 10.8. The Balaban J connectivity index is 2.35. The Labute approximate surface area is 117 Å². The van der Waals surface area contributed by atoms with Crippen molar-refractivity contribution in [3.05, 3.63) is 65.1 Å². The summed E-state index contributed by atoms with van der Waals surface area (Å²) >= 11 is 0. The SMILES string of the molecule is CCCn1c(=O)cc(-c2ccccc2)c2cccnc21. The zero-order valence-corrected chi connectivity index (χ0v) is 11.4. The predicted molar refractivity (Wildman–Crippen MR) is 81.7 cm³/mol. The molecule has 20 heavy (non-hydrogen) atoms. The second-order valence-electron chi connectivity index (χ2n) is 4.79. The summed E-state index contributed by atoms with van der Waals surface area (Å²) in [5, 5.41) is 1.02. The zero-order valence-electron chi connectivity index (χ0n) is 11.4. The molecule has 3 rings (SSSR count). The molecule has 0 fully saturated rings. The number of rotatable bonds is 3. The van der Waals surface area contributed by atoms with Crippen LogP contribution in [0.5, 0.6) is 0 Å². The molecule has 0 aliphatic rings. The van der Waals surface area contributed by atoms with Gasteiger partial charge in [0, 0.05) is 24.2 Å². The van der Waals surface area contributed by atoms with E-state index in [4.69, 9.17) is 0 Å². The van der Waals surface area contributed by atoms with E-state index in [1.165, 1.54) is 0 Å². The van der Waals surface area contributed by atoms with Gasteiger partial charge in [-0.15, -0.1) is 0 Å². The lowest BCUT2D eigenvalue weighted by molar-refractivity contribution is 0.672. The van der Waals surface area contributed by atoms with Gasteiger partial charge in [-0.05, 0) is 29.7 Å². The molecule has 3 aromatic rings. The van der Waals surface area contributed by atoms with Crippen molar-refractivity contribution in [1.82, 2.24) is 9.55 Å². The van der Waals surface area contributed by atoms with Crippen molar-refractivity contribution in [3.8, 4) is 11.1 Å². The van der Waals surface area contributed by atoms with E-state index in [1.54, 1.807) is 16.8 Å². The Kier molecular flexibility index (Phi) is 3.33. The first-order valence-electron chi connectivity index (χ1n) is 6.85. The smallest absolute Gasteiger partial charge is 0.252 e. The van der Waals surface area contributed by atoms with Crippen LogP contribution in [0.1, 0.15) is 13.3 Å². The van der Waals surface area contributed by atoms with Crippen molar-refractivity contribution in [3.63, 3.8) is 0 Å². The third kappa shape index (κ3) is 2.11. The molecule has 1 aromatic carbocycles. The summed E-state index contributed by atoms with van der Waals surface area (Å²) in [6.45, 7) is 2.76. The summed E-state index contributed by atoms with van der Waals surface area (Å²) in [4.78, 5) is 16.7. The van der Waals surface area contributed by atoms with Crippen LogP contribution < -0.4 is 5.56 Å². The fraction of sp³-hybridized carbons (Fsp3) is 0.176. The minimum atomic E-state index is 0.0110. The lowest BCUT2D eigenvalue weighted by atomic mass is 10.0. The van der Waals surface area contributed by atoms with E-state index in [0.717, 1.165) is 28.6 Å². The van der Waals surface area contributed by atoms with Gasteiger partial charge in [0.1, 0.15) is 5.65 Å². The topological polar surface area (TPSA) is 34.9 Å². The Hall–Kier alpha value is -2.42. The molecule has 0 spiro atoms. The van der Waals surface area contributed by atoms with Crippen molar-refractivity contribution in [2.75, 3.05) is 0 Å². The number of benzene rings is 1. The molecule has 2 aromatic heterocycles. The third-order valence-electron chi connectivity index (χ3n) is 3.40. The monoisotopic (exact) mass is 264 g/mol. The van der Waals surface area contributed by atoms with Gasteiger partial charge in [0.2, 0.25) is 0 Å². The van der Waals surface area contributed by atoms with Crippen molar-refractivity contribution in [2.24, 2.45) is 0 Å². The van der Waals surface area contributed by atoms with E-state index >= 15 is 0 Å². The third-order valence-corrected chi connectivity index (χ3v) is 3.40.